The predicted octanol–water partition coefficient (Wildman–Crippen LogP) is 6.36. The van der Waals surface area contributed by atoms with E-state index in [0.29, 0.717) is 88.8 Å². The lowest BCUT2D eigenvalue weighted by Gasteiger charge is -2.43. The van der Waals surface area contributed by atoms with Crippen molar-refractivity contribution in [2.45, 2.75) is 194 Å². The molecule has 18 nitrogen and oxygen atoms in total. The lowest BCUT2D eigenvalue weighted by atomic mass is 9.78. The summed E-state index contributed by atoms with van der Waals surface area (Å²) in [5, 5.41) is 27.4. The van der Waals surface area contributed by atoms with Crippen molar-refractivity contribution in [2.75, 3.05) is 40.6 Å². The van der Waals surface area contributed by atoms with Gasteiger partial charge in [-0.15, -0.1) is 0 Å². The number of allylic oxidation sites excluding steroid dienone is 6. The third-order valence-electron chi connectivity index (χ3n) is 16.1. The van der Waals surface area contributed by atoms with Crippen molar-refractivity contribution < 1.29 is 62.6 Å². The van der Waals surface area contributed by atoms with Crippen molar-refractivity contribution in [1.29, 1.82) is 0 Å². The van der Waals surface area contributed by atoms with Crippen LogP contribution in [0.4, 0.5) is 0 Å². The number of hydrogen-bond donors (Lipinski definition) is 5. The molecule has 0 aromatic rings. The monoisotopic (exact) mass is 1060 g/mol. The topological polar surface area (TPSA) is 261 Å². The SMILES string of the molecule is CCC1C(=O)C(C)CC(C)/C=C/C=C/C=C(\C)C(OCCOC)CC2CCC(C)C(O)(O2)C(=O)C(=O)N2CCCCC2C(=O)OC(C(C)CC2CCC(OCC/C(=N/N)NN)C(OC)C2)CC(=O)C(C)/C=C(\C)C1O. The van der Waals surface area contributed by atoms with E-state index in [2.05, 4.69) is 10.5 Å². The number of Topliss-reactive ketones (excluding diaryl/α,β-unsaturated/α-hetero) is 3. The number of amides is 1. The van der Waals surface area contributed by atoms with E-state index in [9.17, 15) is 34.2 Å². The first kappa shape index (κ1) is 63.4. The number of nitrogens with two attached hydrogens (primary N) is 2. The minimum atomic E-state index is -2.46. The molecule has 4 aliphatic rings. The Hall–Kier alpha value is -4.14. The fourth-order valence-corrected chi connectivity index (χ4v) is 11.3. The number of fused-ring (bicyclic) bond motifs is 3. The number of piperidine rings is 1. The summed E-state index contributed by atoms with van der Waals surface area (Å²) in [7, 11) is 3.23. The molecule has 2 saturated heterocycles. The Balaban J connectivity index is 1.69. The van der Waals surface area contributed by atoms with Gasteiger partial charge >= 0.3 is 5.97 Å². The Morgan fingerprint density at radius 1 is 0.920 bits per heavy atom. The van der Waals surface area contributed by atoms with Gasteiger partial charge in [-0.05, 0) is 113 Å². The van der Waals surface area contributed by atoms with Gasteiger partial charge in [-0.3, -0.25) is 19.2 Å². The Morgan fingerprint density at radius 2 is 1.67 bits per heavy atom. The third-order valence-corrected chi connectivity index (χ3v) is 16.1. The van der Waals surface area contributed by atoms with E-state index in [1.807, 2.05) is 65.0 Å². The quantitative estimate of drug-likeness (QED) is 0.0196. The lowest BCUT2D eigenvalue weighted by Crippen LogP contribution is -2.61. The first-order valence-electron chi connectivity index (χ1n) is 27.6. The number of methoxy groups -OCH3 is 2. The molecule has 3 aliphatic heterocycles. The van der Waals surface area contributed by atoms with Crippen LogP contribution in [0.5, 0.6) is 0 Å². The molecule has 424 valence electrons. The average Bonchev–Trinajstić information content (AvgIpc) is 3.39. The fourth-order valence-electron chi connectivity index (χ4n) is 11.3. The number of carbonyl (C=O) groups excluding carboxylic acids is 5. The number of hydrazone groups is 1. The summed E-state index contributed by atoms with van der Waals surface area (Å²) < 4.78 is 36.3. The minimum Gasteiger partial charge on any atom is -0.460 e. The number of ketones is 3. The molecule has 15 atom stereocenters. The molecule has 0 aromatic heterocycles. The van der Waals surface area contributed by atoms with E-state index in [-0.39, 0.29) is 79.9 Å². The average molecular weight is 1060 g/mol. The van der Waals surface area contributed by atoms with Gasteiger partial charge in [0.15, 0.2) is 0 Å². The summed E-state index contributed by atoms with van der Waals surface area (Å²) >= 11 is 0. The Kier molecular flexibility index (Phi) is 26.5. The molecule has 7 N–H and O–H groups in total. The molecule has 18 heteroatoms. The molecular weight excluding hydrogens is 963 g/mol. The molecule has 3 heterocycles. The van der Waals surface area contributed by atoms with E-state index in [1.165, 1.54) is 4.90 Å². The van der Waals surface area contributed by atoms with Gasteiger partial charge in [0, 0.05) is 63.7 Å². The van der Waals surface area contributed by atoms with E-state index in [4.69, 9.17) is 40.1 Å². The van der Waals surface area contributed by atoms with Crippen LogP contribution in [-0.2, 0) is 52.4 Å². The number of carbonyl (C=O) groups is 5. The van der Waals surface area contributed by atoms with Crippen molar-refractivity contribution >= 4 is 35.1 Å². The number of amidine groups is 1. The number of esters is 1. The highest BCUT2D eigenvalue weighted by molar-refractivity contribution is 6.39. The number of hydrogen-bond acceptors (Lipinski definition) is 16. The summed E-state index contributed by atoms with van der Waals surface area (Å²) in [6, 6.07) is -1.16. The van der Waals surface area contributed by atoms with Gasteiger partial charge in [0.25, 0.3) is 11.7 Å². The molecule has 4 rings (SSSR count). The molecule has 1 amide bonds. The van der Waals surface area contributed by atoms with Crippen molar-refractivity contribution in [2.24, 2.45) is 58.2 Å². The zero-order chi connectivity index (χ0) is 55.4. The van der Waals surface area contributed by atoms with Crippen LogP contribution in [0.1, 0.15) is 145 Å². The number of aliphatic hydroxyl groups is 2. The summed E-state index contributed by atoms with van der Waals surface area (Å²) in [6.07, 6.45) is 14.2. The van der Waals surface area contributed by atoms with Crippen LogP contribution in [0.15, 0.2) is 52.7 Å². The molecule has 0 spiro atoms. The highest BCUT2D eigenvalue weighted by atomic mass is 16.6. The van der Waals surface area contributed by atoms with Gasteiger partial charge in [-0.1, -0.05) is 78.0 Å². The minimum absolute atomic E-state index is 0.0440. The number of cyclic esters (lactones) is 1. The number of aliphatic hydroxyl groups excluding tert-OH is 1. The van der Waals surface area contributed by atoms with Gasteiger partial charge in [0.05, 0.1) is 50.3 Å². The number of ether oxygens (including phenoxy) is 6. The first-order valence-corrected chi connectivity index (χ1v) is 27.6. The van der Waals surface area contributed by atoms with Crippen molar-refractivity contribution in [3.05, 3.63) is 47.6 Å². The maximum atomic E-state index is 14.6. The van der Waals surface area contributed by atoms with Gasteiger partial charge in [0.1, 0.15) is 29.5 Å². The van der Waals surface area contributed by atoms with Crippen molar-refractivity contribution in [3.63, 3.8) is 0 Å². The molecule has 0 aromatic carbocycles. The fraction of sp³-hybridized carbons (Fsp3) is 0.754. The summed E-state index contributed by atoms with van der Waals surface area (Å²) in [5.41, 5.74) is 3.83. The van der Waals surface area contributed by atoms with E-state index in [0.717, 1.165) is 12.0 Å². The summed E-state index contributed by atoms with van der Waals surface area (Å²) in [4.78, 5) is 73.0. The molecule has 2 bridgehead atoms. The van der Waals surface area contributed by atoms with Crippen LogP contribution in [0.2, 0.25) is 0 Å². The second-order valence-electron chi connectivity index (χ2n) is 21.9. The van der Waals surface area contributed by atoms with Gasteiger partial charge < -0.3 is 54.8 Å². The van der Waals surface area contributed by atoms with Crippen molar-refractivity contribution in [3.8, 4) is 0 Å². The van der Waals surface area contributed by atoms with E-state index < -0.39 is 71.7 Å². The van der Waals surface area contributed by atoms with Gasteiger partial charge in [0.2, 0.25) is 5.79 Å². The van der Waals surface area contributed by atoms with Crippen LogP contribution in [0.3, 0.4) is 0 Å². The molecule has 0 radical (unpaired) electrons. The Bertz CT molecular complexity index is 2030. The third kappa shape index (κ3) is 18.2. The number of rotatable bonds is 13. The summed E-state index contributed by atoms with van der Waals surface area (Å²) in [6.45, 7) is 15.9. The molecule has 15 unspecified atom stereocenters. The largest absolute Gasteiger partial charge is 0.460 e. The standard InChI is InChI=1S/C57H93N5O13/c1-11-44-52(64)39(6)29-35(2)17-13-12-14-18-36(3)48(73-28-27-70-9)33-43-22-20-41(8)57(69,75-43)54(66)55(67)62-25-16-15-19-45(62)56(68)74-49(34-46(63)37(4)30-40(7)53(44)65)38(5)31-42-21-23-47(50(32-42)71-10)72-26-24-51(60-58)61-59/h12-14,17-18,30,35,37-39,41-45,47-50,53,65,69H,11,15-16,19-29,31-34,58-59H2,1-10H3,(H,60,61)/b14-12+,17-13+,36-18+,40-30+. The Morgan fingerprint density at radius 3 is 2.35 bits per heavy atom. The number of nitrogens with zero attached hydrogens (tertiary/aromatic N) is 2. The van der Waals surface area contributed by atoms with Crippen LogP contribution < -0.4 is 17.1 Å². The lowest BCUT2D eigenvalue weighted by molar-refractivity contribution is -0.266. The highest BCUT2D eigenvalue weighted by Gasteiger charge is 2.53. The zero-order valence-electron chi connectivity index (χ0n) is 46.7. The van der Waals surface area contributed by atoms with Crippen LogP contribution in [0, 0.1) is 41.4 Å². The molecule has 1 aliphatic carbocycles. The maximum absolute atomic E-state index is 14.6. The van der Waals surface area contributed by atoms with E-state index >= 15 is 0 Å². The zero-order valence-corrected chi connectivity index (χ0v) is 46.7. The number of nitrogens with one attached hydrogen (secondary N) is 1. The van der Waals surface area contributed by atoms with Crippen LogP contribution in [-0.4, -0.2) is 139 Å². The maximum Gasteiger partial charge on any atom is 0.329 e. The summed E-state index contributed by atoms with van der Waals surface area (Å²) in [5.74, 6) is 3.00. The predicted molar refractivity (Wildman–Crippen MR) is 286 cm³/mol. The van der Waals surface area contributed by atoms with Crippen LogP contribution in [0.25, 0.3) is 0 Å². The van der Waals surface area contributed by atoms with E-state index in [1.54, 1.807) is 41.1 Å². The highest BCUT2D eigenvalue weighted by Crippen LogP contribution is 2.38. The molecule has 1 saturated carbocycles. The number of hydrazine groups is 1. The van der Waals surface area contributed by atoms with Gasteiger partial charge in [-0.2, -0.15) is 5.10 Å². The van der Waals surface area contributed by atoms with Crippen LogP contribution >= 0.6 is 0 Å². The Labute approximate surface area is 446 Å². The molecule has 75 heavy (non-hydrogen) atoms. The second kappa shape index (κ2) is 31.3. The smallest absolute Gasteiger partial charge is 0.329 e. The molecule has 3 fully saturated rings. The van der Waals surface area contributed by atoms with Gasteiger partial charge in [-0.25, -0.2) is 10.6 Å². The molecular formula is C57H93N5O13. The first-order chi connectivity index (χ1) is 35.7. The second-order valence-corrected chi connectivity index (χ2v) is 21.9. The normalized spacial score (nSPS) is 36.8. The van der Waals surface area contributed by atoms with Crippen molar-refractivity contribution in [1.82, 2.24) is 10.3 Å².